The predicted molar refractivity (Wildman–Crippen MR) is 175 cm³/mol. The van der Waals surface area contributed by atoms with Crippen LogP contribution in [0.2, 0.25) is 0 Å². The maximum atomic E-state index is 12.2. The maximum absolute atomic E-state index is 12.2. The molecule has 45 heavy (non-hydrogen) atoms. The fourth-order valence-electron chi connectivity index (χ4n) is 4.91. The molecule has 0 saturated heterocycles. The maximum Gasteiger partial charge on any atom is 0.478 e. The summed E-state index contributed by atoms with van der Waals surface area (Å²) in [5.74, 6) is -0.972. The van der Waals surface area contributed by atoms with Crippen molar-refractivity contribution in [3.8, 4) is 0 Å². The van der Waals surface area contributed by atoms with Crippen LogP contribution in [0, 0.1) is 0 Å². The van der Waals surface area contributed by atoms with Gasteiger partial charge in [0.2, 0.25) is 0 Å². The molecule has 0 rings (SSSR count). The predicted octanol–water partition coefficient (Wildman–Crippen LogP) is 6.80. The molecular weight excluding hydrogens is 626 g/mol. The first-order valence-corrected chi connectivity index (χ1v) is 20.1. The third-order valence-corrected chi connectivity index (χ3v) is 9.27. The van der Waals surface area contributed by atoms with Crippen LogP contribution >= 0.6 is 15.6 Å². The van der Waals surface area contributed by atoms with Crippen LogP contribution in [0.3, 0.4) is 0 Å². The molecule has 2 unspecified atom stereocenters. The fraction of sp³-hybridized carbons (Fsp3) is 0.935. The zero-order valence-electron chi connectivity index (χ0n) is 27.8. The number of phosphoric acid groups is 2. The fourth-order valence-corrected chi connectivity index (χ4v) is 6.02. The van der Waals surface area contributed by atoms with E-state index in [1.165, 1.54) is 103 Å². The van der Waals surface area contributed by atoms with Gasteiger partial charge in [-0.1, -0.05) is 142 Å². The average Bonchev–Trinajstić information content (AvgIpc) is 2.95. The number of aliphatic hydroxyl groups is 3. The second kappa shape index (κ2) is 29.6. The number of hydrogen-bond donors (Lipinski definition) is 7. The van der Waals surface area contributed by atoms with Crippen molar-refractivity contribution >= 4 is 27.2 Å². The first-order chi connectivity index (χ1) is 21.2. The van der Waals surface area contributed by atoms with Gasteiger partial charge in [0.15, 0.2) is 11.6 Å². The quantitative estimate of drug-likeness (QED) is 0.0306. The van der Waals surface area contributed by atoms with Gasteiger partial charge in [-0.3, -0.25) is 9.59 Å². The number of unbranched alkanes of at least 4 members (excludes halogenated alkanes) is 20. The zero-order chi connectivity index (χ0) is 34.6. The van der Waals surface area contributed by atoms with Gasteiger partial charge in [-0.25, -0.2) is 9.13 Å². The van der Waals surface area contributed by atoms with Gasteiger partial charge < -0.3 is 34.9 Å². The van der Waals surface area contributed by atoms with E-state index in [4.69, 9.17) is 19.6 Å². The normalized spacial score (nSPS) is 14.0. The molecule has 0 aromatic carbocycles. The molecule has 0 heterocycles. The van der Waals surface area contributed by atoms with Crippen LogP contribution in [0.25, 0.3) is 0 Å². The molecule has 0 aliphatic carbocycles. The van der Waals surface area contributed by atoms with Crippen molar-refractivity contribution in [1.82, 2.24) is 0 Å². The van der Waals surface area contributed by atoms with Crippen molar-refractivity contribution in [2.24, 2.45) is 0 Å². The Morgan fingerprint density at radius 2 is 0.689 bits per heavy atom. The number of carbonyl (C=O) groups is 2. The van der Waals surface area contributed by atoms with Crippen molar-refractivity contribution in [2.45, 2.75) is 186 Å². The van der Waals surface area contributed by atoms with Gasteiger partial charge in [0.25, 0.3) is 0 Å². The Bertz CT molecular complexity index is 750. The molecule has 0 aliphatic rings. The van der Waals surface area contributed by atoms with Gasteiger partial charge in [-0.2, -0.15) is 4.31 Å². The van der Waals surface area contributed by atoms with E-state index < -0.39 is 45.5 Å². The van der Waals surface area contributed by atoms with Gasteiger partial charge in [0.1, 0.15) is 18.3 Å². The highest BCUT2D eigenvalue weighted by atomic mass is 31.3. The van der Waals surface area contributed by atoms with E-state index in [0.717, 1.165) is 25.7 Å². The Labute approximate surface area is 271 Å². The lowest BCUT2D eigenvalue weighted by atomic mass is 9.95. The van der Waals surface area contributed by atoms with E-state index in [1.807, 2.05) is 0 Å². The van der Waals surface area contributed by atoms with E-state index in [2.05, 4.69) is 18.2 Å². The summed E-state index contributed by atoms with van der Waals surface area (Å²) in [7, 11) is -10.1. The molecule has 0 aliphatic heterocycles. The minimum atomic E-state index is -5.05. The summed E-state index contributed by atoms with van der Waals surface area (Å²) < 4.78 is 22.2. The summed E-state index contributed by atoms with van der Waals surface area (Å²) in [4.78, 5) is 55.4. The molecule has 14 heteroatoms. The number of carbonyl (C=O) groups excluding carboxylic acids is 2. The number of Topliss-reactive ketones (excluding diaryl/α,β-unsaturated/α-hetero) is 2. The van der Waals surface area contributed by atoms with E-state index >= 15 is 0 Å². The van der Waals surface area contributed by atoms with Crippen molar-refractivity contribution in [3.05, 3.63) is 0 Å². The number of aliphatic hydroxyl groups excluding tert-OH is 3. The summed E-state index contributed by atoms with van der Waals surface area (Å²) in [6.45, 7) is 4.46. The Morgan fingerprint density at radius 1 is 0.467 bits per heavy atom. The van der Waals surface area contributed by atoms with Crippen molar-refractivity contribution in [2.75, 3.05) is 0 Å². The Balaban J connectivity index is 0. The molecule has 0 spiro atoms. The van der Waals surface area contributed by atoms with Crippen LogP contribution in [0.5, 0.6) is 0 Å². The van der Waals surface area contributed by atoms with Crippen molar-refractivity contribution in [1.29, 1.82) is 0 Å². The molecule has 0 aromatic heterocycles. The second-order valence-electron chi connectivity index (χ2n) is 11.9. The van der Waals surface area contributed by atoms with Crippen LogP contribution in [-0.2, 0) is 23.0 Å². The molecule has 0 saturated carbocycles. The van der Waals surface area contributed by atoms with Crippen molar-refractivity contribution in [3.63, 3.8) is 0 Å². The molecule has 2 atom stereocenters. The lowest BCUT2D eigenvalue weighted by molar-refractivity contribution is -0.146. The molecule has 12 nitrogen and oxygen atoms in total. The molecule has 0 bridgehead atoms. The number of hydrogen-bond acceptors (Lipinski definition) is 8. The summed E-state index contributed by atoms with van der Waals surface area (Å²) in [5, 5.41) is 30.4. The average molecular weight is 691 g/mol. The zero-order valence-corrected chi connectivity index (χ0v) is 29.6. The highest BCUT2D eigenvalue weighted by Crippen LogP contribution is 2.53. The highest BCUT2D eigenvalue weighted by molar-refractivity contribution is 7.60. The standard InChI is InChI=1S/C31H60O5.H4O7P2/c1-3-5-7-9-11-13-15-17-19-21-23-25-27(32)29(34)31(36)30(35)28(33)26-24-22-20-18-16-14-12-10-8-6-4-2;1-8(2,3)7-9(4,5)6/h29-31,34-36H,3-26H2,1-2H3;(H2,1,2,3)(H2,4,5,6). The summed E-state index contributed by atoms with van der Waals surface area (Å²) in [6, 6.07) is 0. The summed E-state index contributed by atoms with van der Waals surface area (Å²) in [6.07, 6.45) is 21.1. The van der Waals surface area contributed by atoms with Gasteiger partial charge in [0.05, 0.1) is 0 Å². The van der Waals surface area contributed by atoms with Crippen LogP contribution < -0.4 is 0 Å². The minimum Gasteiger partial charge on any atom is -0.387 e. The monoisotopic (exact) mass is 690 g/mol. The molecule has 0 aromatic rings. The van der Waals surface area contributed by atoms with Crippen LogP contribution in [0.15, 0.2) is 0 Å². The Kier molecular flexibility index (Phi) is 30.7. The lowest BCUT2D eigenvalue weighted by Gasteiger charge is -2.21. The second-order valence-corrected chi connectivity index (χ2v) is 14.6. The first-order valence-electron chi connectivity index (χ1n) is 17.1. The Morgan fingerprint density at radius 3 is 0.889 bits per heavy atom. The number of rotatable bonds is 30. The van der Waals surface area contributed by atoms with Crippen LogP contribution in [-0.4, -0.2) is 64.8 Å². The molecule has 0 fully saturated rings. The highest BCUT2D eigenvalue weighted by Gasteiger charge is 2.33. The largest absolute Gasteiger partial charge is 0.478 e. The van der Waals surface area contributed by atoms with E-state index in [0.29, 0.717) is 12.8 Å². The number of ketones is 2. The SMILES string of the molecule is CCCCCCCCCCCCCC(=O)C(O)C(O)C(O)C(=O)CCCCCCCCCCCCC.O=P(O)(O)OP(=O)(O)O. The van der Waals surface area contributed by atoms with E-state index in [9.17, 15) is 34.0 Å². The van der Waals surface area contributed by atoms with Gasteiger partial charge in [-0.05, 0) is 12.8 Å². The Hall–Kier alpha value is -0.520. The third kappa shape index (κ3) is 33.2. The first kappa shape index (κ1) is 46.6. The van der Waals surface area contributed by atoms with Crippen molar-refractivity contribution < 1.29 is 57.9 Å². The molecule has 270 valence electrons. The molecular formula is C31H64O12P2. The molecule has 0 amide bonds. The van der Waals surface area contributed by atoms with Crippen LogP contribution in [0.1, 0.15) is 168 Å². The van der Waals surface area contributed by atoms with E-state index in [1.54, 1.807) is 0 Å². The van der Waals surface area contributed by atoms with Crippen LogP contribution in [0.4, 0.5) is 0 Å². The summed E-state index contributed by atoms with van der Waals surface area (Å²) in [5.41, 5.74) is 0. The van der Waals surface area contributed by atoms with Gasteiger partial charge in [-0.15, -0.1) is 0 Å². The van der Waals surface area contributed by atoms with E-state index in [-0.39, 0.29) is 12.8 Å². The topological polar surface area (TPSA) is 219 Å². The summed E-state index contributed by atoms with van der Waals surface area (Å²) >= 11 is 0. The third-order valence-electron chi connectivity index (χ3n) is 7.57. The minimum absolute atomic E-state index is 0.175. The molecule has 7 N–H and O–H groups in total. The smallest absolute Gasteiger partial charge is 0.387 e. The molecule has 0 radical (unpaired) electrons. The van der Waals surface area contributed by atoms with Gasteiger partial charge >= 0.3 is 15.6 Å². The lowest BCUT2D eigenvalue weighted by Crippen LogP contribution is -2.45. The van der Waals surface area contributed by atoms with Gasteiger partial charge in [0, 0.05) is 12.8 Å².